The Bertz CT molecular complexity index is 1380. The van der Waals surface area contributed by atoms with Gasteiger partial charge in [0.1, 0.15) is 5.75 Å². The molecule has 0 saturated carbocycles. The molecular formula is C28H26N4O3S2. The Balaban J connectivity index is 1.55. The highest BCUT2D eigenvalue weighted by atomic mass is 32.2. The Kier molecular flexibility index (Phi) is 8.67. The summed E-state index contributed by atoms with van der Waals surface area (Å²) in [4.78, 5) is 26.9. The number of methoxy groups -OCH3 is 1. The van der Waals surface area contributed by atoms with Crippen LogP contribution in [0.4, 0.5) is 5.69 Å². The SMILES string of the molecule is COc1ccccc1NC(=O)C1=C(C)NC(SCC(=O)NCc2ccccc2)=C(C#N)C1c1cccs1. The van der Waals surface area contributed by atoms with E-state index in [9.17, 15) is 14.9 Å². The van der Waals surface area contributed by atoms with Crippen molar-refractivity contribution in [3.63, 3.8) is 0 Å². The molecule has 0 fully saturated rings. The number of benzene rings is 2. The van der Waals surface area contributed by atoms with Crippen molar-refractivity contribution in [1.29, 1.82) is 5.26 Å². The minimum Gasteiger partial charge on any atom is -0.495 e. The summed E-state index contributed by atoms with van der Waals surface area (Å²) in [6.07, 6.45) is 0. The Labute approximate surface area is 224 Å². The van der Waals surface area contributed by atoms with Crippen molar-refractivity contribution in [2.24, 2.45) is 0 Å². The van der Waals surface area contributed by atoms with Crippen LogP contribution in [0.15, 0.2) is 94.0 Å². The maximum absolute atomic E-state index is 13.5. The third-order valence-electron chi connectivity index (χ3n) is 5.76. The second kappa shape index (κ2) is 12.3. The van der Waals surface area contributed by atoms with Gasteiger partial charge in [-0.3, -0.25) is 9.59 Å². The van der Waals surface area contributed by atoms with Crippen molar-refractivity contribution in [1.82, 2.24) is 10.6 Å². The normalized spacial score (nSPS) is 15.0. The molecule has 0 bridgehead atoms. The van der Waals surface area contributed by atoms with E-state index in [2.05, 4.69) is 22.0 Å². The molecule has 1 atom stereocenters. The Hall–Kier alpha value is -4.00. The van der Waals surface area contributed by atoms with Gasteiger partial charge in [0, 0.05) is 22.7 Å². The van der Waals surface area contributed by atoms with E-state index >= 15 is 0 Å². The summed E-state index contributed by atoms with van der Waals surface area (Å²) in [5.74, 6) is -0.358. The van der Waals surface area contributed by atoms with Gasteiger partial charge in [0.05, 0.1) is 41.1 Å². The van der Waals surface area contributed by atoms with Crippen molar-refractivity contribution in [2.75, 3.05) is 18.2 Å². The molecule has 37 heavy (non-hydrogen) atoms. The number of rotatable bonds is 9. The fraction of sp³-hybridized carbons (Fsp3) is 0.179. The highest BCUT2D eigenvalue weighted by molar-refractivity contribution is 8.03. The van der Waals surface area contributed by atoms with E-state index in [1.165, 1.54) is 23.1 Å². The van der Waals surface area contributed by atoms with Crippen molar-refractivity contribution >= 4 is 40.6 Å². The van der Waals surface area contributed by atoms with Crippen molar-refractivity contribution in [2.45, 2.75) is 19.4 Å². The second-order valence-corrected chi connectivity index (χ2v) is 10.1. The molecule has 3 aromatic rings. The zero-order valence-electron chi connectivity index (χ0n) is 20.4. The lowest BCUT2D eigenvalue weighted by Gasteiger charge is -2.29. The molecule has 3 N–H and O–H groups in total. The molecule has 1 aromatic heterocycles. The molecule has 0 radical (unpaired) electrons. The van der Waals surface area contributed by atoms with Crippen LogP contribution in [0.2, 0.25) is 0 Å². The van der Waals surface area contributed by atoms with Gasteiger partial charge in [0.25, 0.3) is 5.91 Å². The minimum absolute atomic E-state index is 0.132. The molecule has 1 aliphatic rings. The van der Waals surface area contributed by atoms with Crippen LogP contribution < -0.4 is 20.7 Å². The van der Waals surface area contributed by atoms with Crippen LogP contribution in [-0.4, -0.2) is 24.7 Å². The first-order chi connectivity index (χ1) is 18.0. The van der Waals surface area contributed by atoms with Gasteiger partial charge in [0.15, 0.2) is 0 Å². The molecule has 7 nitrogen and oxygen atoms in total. The first kappa shape index (κ1) is 26.1. The number of allylic oxidation sites excluding steroid dienone is 2. The summed E-state index contributed by atoms with van der Waals surface area (Å²) in [6.45, 7) is 2.24. The van der Waals surface area contributed by atoms with Crippen LogP contribution in [0.1, 0.15) is 23.3 Å². The first-order valence-electron chi connectivity index (χ1n) is 11.5. The van der Waals surface area contributed by atoms with E-state index in [4.69, 9.17) is 4.74 Å². The number of nitriles is 1. The van der Waals surface area contributed by atoms with Crippen LogP contribution in [0.25, 0.3) is 0 Å². The van der Waals surface area contributed by atoms with E-state index in [-0.39, 0.29) is 17.6 Å². The van der Waals surface area contributed by atoms with Crippen molar-refractivity contribution in [3.8, 4) is 11.8 Å². The molecule has 0 aliphatic carbocycles. The number of thioether (sulfide) groups is 1. The third-order valence-corrected chi connectivity index (χ3v) is 7.71. The van der Waals surface area contributed by atoms with E-state index in [1.807, 2.05) is 66.9 Å². The molecule has 9 heteroatoms. The predicted octanol–water partition coefficient (Wildman–Crippen LogP) is 5.14. The van der Waals surface area contributed by atoms with E-state index in [0.29, 0.717) is 39.9 Å². The van der Waals surface area contributed by atoms with E-state index in [1.54, 1.807) is 19.2 Å². The zero-order valence-corrected chi connectivity index (χ0v) is 22.0. The van der Waals surface area contributed by atoms with Crippen LogP contribution in [0.3, 0.4) is 0 Å². The summed E-state index contributed by atoms with van der Waals surface area (Å²) in [5, 5.41) is 21.7. The van der Waals surface area contributed by atoms with Gasteiger partial charge in [-0.1, -0.05) is 60.3 Å². The van der Waals surface area contributed by atoms with Gasteiger partial charge in [-0.15, -0.1) is 11.3 Å². The fourth-order valence-electron chi connectivity index (χ4n) is 3.99. The highest BCUT2D eigenvalue weighted by Gasteiger charge is 2.35. The number of amides is 2. The number of carbonyl (C=O) groups excluding carboxylic acids is 2. The summed E-state index contributed by atoms with van der Waals surface area (Å²) < 4.78 is 5.37. The van der Waals surface area contributed by atoms with Gasteiger partial charge >= 0.3 is 0 Å². The lowest BCUT2D eigenvalue weighted by atomic mass is 9.86. The number of dihydropyridines is 1. The zero-order chi connectivity index (χ0) is 26.2. The number of thiophene rings is 1. The number of nitrogens with zero attached hydrogens (tertiary/aromatic N) is 1. The van der Waals surface area contributed by atoms with Crippen LogP contribution >= 0.6 is 23.1 Å². The van der Waals surface area contributed by atoms with Gasteiger partial charge in [-0.25, -0.2) is 0 Å². The lowest BCUT2D eigenvalue weighted by Crippen LogP contribution is -2.31. The van der Waals surface area contributed by atoms with Gasteiger partial charge < -0.3 is 20.7 Å². The standard InChI is InChI=1S/C28H26N4O3S2/c1-18-25(27(34)32-21-11-6-7-12-22(21)35-2)26(23-13-8-14-36-23)20(15-29)28(31-18)37-17-24(33)30-16-19-9-4-3-5-10-19/h3-14,26,31H,16-17H2,1-2H3,(H,30,33)(H,32,34). The summed E-state index contributed by atoms with van der Waals surface area (Å²) in [5.41, 5.74) is 3.02. The van der Waals surface area contributed by atoms with Crippen LogP contribution in [0.5, 0.6) is 5.75 Å². The molecule has 4 rings (SSSR count). The maximum Gasteiger partial charge on any atom is 0.254 e. The molecule has 2 amide bonds. The van der Waals surface area contributed by atoms with Gasteiger partial charge in [-0.2, -0.15) is 5.26 Å². The smallest absolute Gasteiger partial charge is 0.254 e. The van der Waals surface area contributed by atoms with E-state index in [0.717, 1.165) is 10.4 Å². The number of carbonyl (C=O) groups is 2. The van der Waals surface area contributed by atoms with Crippen molar-refractivity contribution in [3.05, 3.63) is 104 Å². The Morgan fingerprint density at radius 3 is 2.57 bits per heavy atom. The van der Waals surface area contributed by atoms with Crippen LogP contribution in [-0.2, 0) is 16.1 Å². The molecule has 2 heterocycles. The van der Waals surface area contributed by atoms with Crippen molar-refractivity contribution < 1.29 is 14.3 Å². The number of anilines is 1. The molecule has 0 spiro atoms. The van der Waals surface area contributed by atoms with Gasteiger partial charge in [-0.05, 0) is 36.1 Å². The largest absolute Gasteiger partial charge is 0.495 e. The molecule has 0 saturated heterocycles. The minimum atomic E-state index is -0.559. The van der Waals surface area contributed by atoms with Crippen LogP contribution in [0, 0.1) is 11.3 Å². The number of para-hydroxylation sites is 2. The second-order valence-electron chi connectivity index (χ2n) is 8.17. The van der Waals surface area contributed by atoms with Gasteiger partial charge in [0.2, 0.25) is 5.91 Å². The van der Waals surface area contributed by atoms with E-state index < -0.39 is 5.92 Å². The molecular weight excluding hydrogens is 504 g/mol. The maximum atomic E-state index is 13.5. The fourth-order valence-corrected chi connectivity index (χ4v) is 5.76. The predicted molar refractivity (Wildman–Crippen MR) is 148 cm³/mol. The highest BCUT2D eigenvalue weighted by Crippen LogP contribution is 2.42. The topological polar surface area (TPSA) is 103 Å². The summed E-state index contributed by atoms with van der Waals surface area (Å²) in [7, 11) is 1.54. The third kappa shape index (κ3) is 6.23. The molecule has 1 aliphatic heterocycles. The Morgan fingerprint density at radius 1 is 1.11 bits per heavy atom. The lowest BCUT2D eigenvalue weighted by molar-refractivity contribution is -0.118. The average Bonchev–Trinajstić information content (AvgIpc) is 3.46. The number of nitrogens with one attached hydrogen (secondary N) is 3. The number of hydrogen-bond donors (Lipinski definition) is 3. The average molecular weight is 531 g/mol. The number of hydrogen-bond acceptors (Lipinski definition) is 7. The first-order valence-corrected chi connectivity index (χ1v) is 13.4. The summed E-state index contributed by atoms with van der Waals surface area (Å²) >= 11 is 2.73. The Morgan fingerprint density at radius 2 is 1.86 bits per heavy atom. The summed E-state index contributed by atoms with van der Waals surface area (Å²) in [6, 6.07) is 22.9. The molecule has 1 unspecified atom stereocenters. The molecule has 2 aromatic carbocycles. The molecule has 188 valence electrons. The number of ether oxygens (including phenoxy) is 1. The quantitative estimate of drug-likeness (QED) is 0.354. The monoisotopic (exact) mass is 530 g/mol.